The smallest absolute Gasteiger partial charge is 0.305 e. The molecule has 1 atom stereocenters. The molecule has 0 spiro atoms. The molecule has 1 unspecified atom stereocenters. The molecule has 31 heavy (non-hydrogen) atoms. The molecule has 3 rings (SSSR count). The summed E-state index contributed by atoms with van der Waals surface area (Å²) in [4.78, 5) is 23.4. The lowest BCUT2D eigenvalue weighted by atomic mass is 9.98. The molecule has 0 saturated heterocycles. The Morgan fingerprint density at radius 3 is 2.61 bits per heavy atom. The van der Waals surface area contributed by atoms with Crippen LogP contribution >= 0.6 is 11.6 Å². The highest BCUT2D eigenvalue weighted by Crippen LogP contribution is 2.36. The van der Waals surface area contributed by atoms with Crippen LogP contribution in [0.2, 0.25) is 5.02 Å². The molecule has 6 nitrogen and oxygen atoms in total. The highest BCUT2D eigenvalue weighted by Gasteiger charge is 2.23. The van der Waals surface area contributed by atoms with Gasteiger partial charge in [0, 0.05) is 28.2 Å². The van der Waals surface area contributed by atoms with Crippen LogP contribution in [0.25, 0.3) is 11.0 Å². The molecule has 0 aliphatic rings. The number of hydrogen-bond donors (Lipinski definition) is 3. The van der Waals surface area contributed by atoms with Gasteiger partial charge in [-0.3, -0.25) is 9.59 Å². The zero-order valence-corrected chi connectivity index (χ0v) is 18.6. The Morgan fingerprint density at radius 1 is 1.16 bits per heavy atom. The van der Waals surface area contributed by atoms with Gasteiger partial charge in [0.15, 0.2) is 0 Å². The zero-order chi connectivity index (χ0) is 22.5. The molecule has 1 amide bonds. The van der Waals surface area contributed by atoms with Crippen molar-refractivity contribution in [2.75, 3.05) is 11.9 Å². The maximum absolute atomic E-state index is 12.7. The predicted octanol–water partition coefficient (Wildman–Crippen LogP) is 5.80. The average molecular weight is 443 g/mol. The van der Waals surface area contributed by atoms with E-state index in [1.54, 1.807) is 18.2 Å². The number of carboxylic acids is 1. The molecule has 7 heteroatoms. The molecule has 0 aliphatic heterocycles. The van der Waals surface area contributed by atoms with Crippen molar-refractivity contribution in [2.24, 2.45) is 5.92 Å². The van der Waals surface area contributed by atoms with Crippen LogP contribution in [0.3, 0.4) is 0 Å². The van der Waals surface area contributed by atoms with E-state index in [9.17, 15) is 9.59 Å². The molecule has 3 aromatic rings. The SMILES string of the molecule is Cc1c(C(CC(C)C)Nc2ccccc2C(=O)NCCC(=O)O)oc2ccc(Cl)cc12. The molecule has 3 N–H and O–H groups in total. The summed E-state index contributed by atoms with van der Waals surface area (Å²) in [5.41, 5.74) is 2.91. The van der Waals surface area contributed by atoms with Crippen molar-refractivity contribution in [3.8, 4) is 0 Å². The van der Waals surface area contributed by atoms with Gasteiger partial charge in [-0.25, -0.2) is 0 Å². The number of carbonyl (C=O) groups is 2. The quantitative estimate of drug-likeness (QED) is 0.389. The summed E-state index contributed by atoms with van der Waals surface area (Å²) in [7, 11) is 0. The minimum atomic E-state index is -0.954. The standard InChI is InChI=1S/C24H27ClN2O4/c1-14(2)12-20(23-15(3)18-13-16(25)8-9-21(18)31-23)27-19-7-5-4-6-17(19)24(30)26-11-10-22(28)29/h4-9,13-14,20,27H,10-12H2,1-3H3,(H,26,30)(H,28,29). The largest absolute Gasteiger partial charge is 0.481 e. The Hall–Kier alpha value is -2.99. The fourth-order valence-electron chi connectivity index (χ4n) is 3.62. The second-order valence-electron chi connectivity index (χ2n) is 8.00. The summed E-state index contributed by atoms with van der Waals surface area (Å²) >= 11 is 6.17. The van der Waals surface area contributed by atoms with Gasteiger partial charge in [-0.05, 0) is 49.6 Å². The first-order valence-corrected chi connectivity index (χ1v) is 10.7. The van der Waals surface area contributed by atoms with E-state index in [4.69, 9.17) is 21.1 Å². The van der Waals surface area contributed by atoms with Crippen LogP contribution in [0, 0.1) is 12.8 Å². The first kappa shape index (κ1) is 22.7. The minimum absolute atomic E-state index is 0.0708. The zero-order valence-electron chi connectivity index (χ0n) is 17.9. The van der Waals surface area contributed by atoms with Gasteiger partial charge in [-0.2, -0.15) is 0 Å². The van der Waals surface area contributed by atoms with Crippen LogP contribution in [-0.2, 0) is 4.79 Å². The van der Waals surface area contributed by atoms with Gasteiger partial charge in [-0.15, -0.1) is 0 Å². The van der Waals surface area contributed by atoms with Crippen molar-refractivity contribution in [1.82, 2.24) is 5.32 Å². The maximum atomic E-state index is 12.7. The first-order chi connectivity index (χ1) is 14.8. The van der Waals surface area contributed by atoms with Crippen molar-refractivity contribution in [3.05, 3.63) is 64.4 Å². The average Bonchev–Trinajstić information content (AvgIpc) is 3.03. The van der Waals surface area contributed by atoms with Crippen molar-refractivity contribution in [3.63, 3.8) is 0 Å². The number of anilines is 1. The van der Waals surface area contributed by atoms with E-state index in [0.29, 0.717) is 22.2 Å². The fourth-order valence-corrected chi connectivity index (χ4v) is 3.79. The normalized spacial score (nSPS) is 12.2. The highest BCUT2D eigenvalue weighted by molar-refractivity contribution is 6.31. The molecule has 2 aromatic carbocycles. The Labute approximate surface area is 186 Å². The topological polar surface area (TPSA) is 91.6 Å². The van der Waals surface area contributed by atoms with Gasteiger partial charge in [0.2, 0.25) is 0 Å². The molecule has 0 aliphatic carbocycles. The molecular weight excluding hydrogens is 416 g/mol. The number of aryl methyl sites for hydroxylation is 1. The van der Waals surface area contributed by atoms with E-state index in [2.05, 4.69) is 24.5 Å². The van der Waals surface area contributed by atoms with Crippen molar-refractivity contribution >= 4 is 40.1 Å². The summed E-state index contributed by atoms with van der Waals surface area (Å²) < 4.78 is 6.19. The van der Waals surface area contributed by atoms with E-state index in [1.165, 1.54) is 0 Å². The molecule has 164 valence electrons. The van der Waals surface area contributed by atoms with Crippen LogP contribution in [0.5, 0.6) is 0 Å². The maximum Gasteiger partial charge on any atom is 0.305 e. The van der Waals surface area contributed by atoms with Crippen LogP contribution in [0.1, 0.15) is 54.4 Å². The lowest BCUT2D eigenvalue weighted by Crippen LogP contribution is -2.27. The lowest BCUT2D eigenvalue weighted by molar-refractivity contribution is -0.136. The van der Waals surface area contributed by atoms with Crippen LogP contribution in [0.4, 0.5) is 5.69 Å². The summed E-state index contributed by atoms with van der Waals surface area (Å²) in [5, 5.41) is 16.6. The Balaban J connectivity index is 1.92. The third-order valence-corrected chi connectivity index (χ3v) is 5.32. The Morgan fingerprint density at radius 2 is 1.90 bits per heavy atom. The van der Waals surface area contributed by atoms with E-state index in [-0.39, 0.29) is 24.9 Å². The monoisotopic (exact) mass is 442 g/mol. The van der Waals surface area contributed by atoms with Gasteiger partial charge in [0.05, 0.1) is 18.0 Å². The number of amides is 1. The number of carbonyl (C=O) groups excluding carboxylic acids is 1. The van der Waals surface area contributed by atoms with Crippen LogP contribution in [0.15, 0.2) is 46.9 Å². The summed E-state index contributed by atoms with van der Waals surface area (Å²) in [6.45, 7) is 6.35. The molecule has 0 saturated carbocycles. The van der Waals surface area contributed by atoms with E-state index < -0.39 is 5.97 Å². The summed E-state index contributed by atoms with van der Waals surface area (Å²) in [5.74, 6) is -0.0813. The summed E-state index contributed by atoms with van der Waals surface area (Å²) in [6.07, 6.45) is 0.668. The Kier molecular flexibility index (Phi) is 7.23. The lowest BCUT2D eigenvalue weighted by Gasteiger charge is -2.22. The molecule has 0 radical (unpaired) electrons. The van der Waals surface area contributed by atoms with Crippen LogP contribution < -0.4 is 10.6 Å². The number of hydrogen-bond acceptors (Lipinski definition) is 4. The van der Waals surface area contributed by atoms with E-state index in [1.807, 2.05) is 31.2 Å². The highest BCUT2D eigenvalue weighted by atomic mass is 35.5. The van der Waals surface area contributed by atoms with Crippen molar-refractivity contribution < 1.29 is 19.1 Å². The Bertz CT molecular complexity index is 1090. The molecular formula is C24H27ClN2O4. The predicted molar refractivity (Wildman–Crippen MR) is 123 cm³/mol. The number of para-hydroxylation sites is 1. The number of fused-ring (bicyclic) bond motifs is 1. The molecule has 0 fully saturated rings. The first-order valence-electron chi connectivity index (χ1n) is 10.3. The van der Waals surface area contributed by atoms with E-state index >= 15 is 0 Å². The molecule has 1 aromatic heterocycles. The number of halogens is 1. The van der Waals surface area contributed by atoms with E-state index in [0.717, 1.165) is 28.7 Å². The second kappa shape index (κ2) is 9.88. The number of rotatable bonds is 9. The van der Waals surface area contributed by atoms with Gasteiger partial charge >= 0.3 is 5.97 Å². The van der Waals surface area contributed by atoms with Gasteiger partial charge in [0.25, 0.3) is 5.91 Å². The van der Waals surface area contributed by atoms with Crippen LogP contribution in [-0.4, -0.2) is 23.5 Å². The third kappa shape index (κ3) is 5.58. The molecule has 1 heterocycles. The number of furan rings is 1. The number of nitrogens with one attached hydrogen (secondary N) is 2. The number of carboxylic acid groups (broad SMARTS) is 1. The molecule has 0 bridgehead atoms. The minimum Gasteiger partial charge on any atom is -0.481 e. The number of benzene rings is 2. The summed E-state index contributed by atoms with van der Waals surface area (Å²) in [6, 6.07) is 12.6. The fraction of sp³-hybridized carbons (Fsp3) is 0.333. The van der Waals surface area contributed by atoms with Crippen molar-refractivity contribution in [1.29, 1.82) is 0 Å². The third-order valence-electron chi connectivity index (χ3n) is 5.08. The van der Waals surface area contributed by atoms with Gasteiger partial charge in [0.1, 0.15) is 11.3 Å². The van der Waals surface area contributed by atoms with Crippen molar-refractivity contribution in [2.45, 2.75) is 39.7 Å². The van der Waals surface area contributed by atoms with Gasteiger partial charge < -0.3 is 20.2 Å². The van der Waals surface area contributed by atoms with Gasteiger partial charge in [-0.1, -0.05) is 37.6 Å². The number of aliphatic carboxylic acids is 1. The second-order valence-corrected chi connectivity index (χ2v) is 8.44.